The first kappa shape index (κ1) is 12.8. The Kier molecular flexibility index (Phi) is 3.67. The first-order valence-electron chi connectivity index (χ1n) is 5.37. The molecular weight excluding hydrogens is 302 g/mol. The van der Waals surface area contributed by atoms with Crippen molar-refractivity contribution in [1.82, 2.24) is 15.0 Å². The predicted octanol–water partition coefficient (Wildman–Crippen LogP) is 2.37. The second-order valence-electron chi connectivity index (χ2n) is 3.62. The van der Waals surface area contributed by atoms with Crippen LogP contribution in [0.2, 0.25) is 0 Å². The summed E-state index contributed by atoms with van der Waals surface area (Å²) < 4.78 is 0. The second kappa shape index (κ2) is 5.43. The summed E-state index contributed by atoms with van der Waals surface area (Å²) in [6.45, 7) is -0.103. The van der Waals surface area contributed by atoms with Gasteiger partial charge in [0, 0.05) is 16.1 Å². The summed E-state index contributed by atoms with van der Waals surface area (Å²) in [4.78, 5) is 13.1. The molecular formula is C11H9N3O2S3. The Morgan fingerprint density at radius 1 is 0.789 bits per heavy atom. The van der Waals surface area contributed by atoms with E-state index in [9.17, 15) is 0 Å². The lowest BCUT2D eigenvalue weighted by molar-refractivity contribution is 0.278. The van der Waals surface area contributed by atoms with E-state index in [1.54, 1.807) is 0 Å². The van der Waals surface area contributed by atoms with Crippen molar-refractivity contribution in [3.63, 3.8) is 0 Å². The first-order valence-corrected chi connectivity index (χ1v) is 8.01. The van der Waals surface area contributed by atoms with Crippen LogP contribution in [0.15, 0.2) is 16.1 Å². The van der Waals surface area contributed by atoms with Crippen molar-refractivity contribution < 1.29 is 10.2 Å². The molecule has 0 aliphatic rings. The lowest BCUT2D eigenvalue weighted by Gasteiger charge is -1.89. The van der Waals surface area contributed by atoms with Gasteiger partial charge >= 0.3 is 0 Å². The number of hydrogen-bond acceptors (Lipinski definition) is 8. The third kappa shape index (κ3) is 2.58. The molecule has 0 bridgehead atoms. The highest BCUT2D eigenvalue weighted by Crippen LogP contribution is 2.31. The van der Waals surface area contributed by atoms with E-state index in [0.29, 0.717) is 10.7 Å². The monoisotopic (exact) mass is 311 g/mol. The zero-order valence-electron chi connectivity index (χ0n) is 9.61. The number of aromatic nitrogens is 3. The molecule has 0 saturated carbocycles. The Bertz CT molecular complexity index is 632. The van der Waals surface area contributed by atoms with Gasteiger partial charge in [0.1, 0.15) is 26.4 Å². The first-order chi connectivity index (χ1) is 9.30. The Hall–Kier alpha value is -1.19. The van der Waals surface area contributed by atoms with E-state index in [-0.39, 0.29) is 13.2 Å². The van der Waals surface area contributed by atoms with Crippen molar-refractivity contribution >= 4 is 34.0 Å². The summed E-state index contributed by atoms with van der Waals surface area (Å²) in [5.74, 6) is 0. The highest BCUT2D eigenvalue weighted by Gasteiger charge is 2.12. The van der Waals surface area contributed by atoms with Gasteiger partial charge in [-0.05, 0) is 0 Å². The van der Waals surface area contributed by atoms with E-state index in [2.05, 4.69) is 15.0 Å². The molecule has 3 aromatic rings. The summed E-state index contributed by atoms with van der Waals surface area (Å²) in [5, 5.41) is 25.9. The molecule has 5 nitrogen and oxygen atoms in total. The maximum Gasteiger partial charge on any atom is 0.143 e. The summed E-state index contributed by atoms with van der Waals surface area (Å²) in [5.41, 5.74) is 2.23. The van der Waals surface area contributed by atoms with Crippen LogP contribution >= 0.6 is 34.0 Å². The van der Waals surface area contributed by atoms with Gasteiger partial charge in [-0.2, -0.15) is 0 Å². The van der Waals surface area contributed by atoms with Gasteiger partial charge in [-0.1, -0.05) is 0 Å². The average molecular weight is 311 g/mol. The number of hydrogen-bond donors (Lipinski definition) is 2. The molecule has 19 heavy (non-hydrogen) atoms. The van der Waals surface area contributed by atoms with Gasteiger partial charge in [-0.15, -0.1) is 34.0 Å². The molecule has 0 aliphatic carbocycles. The van der Waals surface area contributed by atoms with Crippen LogP contribution in [0.25, 0.3) is 21.4 Å². The van der Waals surface area contributed by atoms with E-state index in [0.717, 1.165) is 21.4 Å². The molecule has 0 atom stereocenters. The molecule has 0 aliphatic heterocycles. The van der Waals surface area contributed by atoms with Crippen molar-refractivity contribution in [1.29, 1.82) is 0 Å². The van der Waals surface area contributed by atoms with Crippen molar-refractivity contribution in [2.75, 3.05) is 0 Å². The predicted molar refractivity (Wildman–Crippen MR) is 76.2 cm³/mol. The smallest absolute Gasteiger partial charge is 0.143 e. The van der Waals surface area contributed by atoms with Gasteiger partial charge in [0.25, 0.3) is 0 Å². The fourth-order valence-electron chi connectivity index (χ4n) is 1.47. The lowest BCUT2D eigenvalue weighted by Crippen LogP contribution is -1.84. The van der Waals surface area contributed by atoms with Gasteiger partial charge in [-0.3, -0.25) is 0 Å². The quantitative estimate of drug-likeness (QED) is 0.773. The maximum atomic E-state index is 9.01. The Morgan fingerprint density at radius 2 is 1.47 bits per heavy atom. The summed E-state index contributed by atoms with van der Waals surface area (Å²) in [7, 11) is 0. The van der Waals surface area contributed by atoms with Crippen LogP contribution in [-0.4, -0.2) is 25.2 Å². The molecule has 0 unspecified atom stereocenters. The fourth-order valence-corrected chi connectivity index (χ4v) is 3.79. The number of thiazole rings is 3. The van der Waals surface area contributed by atoms with Crippen molar-refractivity contribution in [3.8, 4) is 21.4 Å². The van der Waals surface area contributed by atoms with E-state index in [1.165, 1.54) is 34.0 Å². The van der Waals surface area contributed by atoms with Gasteiger partial charge in [0.2, 0.25) is 0 Å². The third-order valence-electron chi connectivity index (χ3n) is 2.34. The molecule has 0 radical (unpaired) electrons. The maximum absolute atomic E-state index is 9.01. The summed E-state index contributed by atoms with van der Waals surface area (Å²) >= 11 is 4.37. The fraction of sp³-hybridized carbons (Fsp3) is 0.182. The van der Waals surface area contributed by atoms with Crippen molar-refractivity contribution in [2.24, 2.45) is 0 Å². The van der Waals surface area contributed by atoms with Crippen LogP contribution in [0.5, 0.6) is 0 Å². The normalized spacial score (nSPS) is 11.1. The Balaban J connectivity index is 1.90. The molecule has 8 heteroatoms. The van der Waals surface area contributed by atoms with Gasteiger partial charge in [0.15, 0.2) is 0 Å². The molecule has 0 saturated heterocycles. The van der Waals surface area contributed by atoms with E-state index in [1.807, 2.05) is 16.1 Å². The molecule has 3 heterocycles. The van der Waals surface area contributed by atoms with E-state index < -0.39 is 0 Å². The van der Waals surface area contributed by atoms with Crippen molar-refractivity contribution in [2.45, 2.75) is 13.2 Å². The van der Waals surface area contributed by atoms with Crippen LogP contribution in [0.3, 0.4) is 0 Å². The number of rotatable bonds is 4. The van der Waals surface area contributed by atoms with Crippen LogP contribution in [0, 0.1) is 0 Å². The zero-order valence-corrected chi connectivity index (χ0v) is 12.1. The van der Waals surface area contributed by atoms with Gasteiger partial charge in [-0.25, -0.2) is 15.0 Å². The highest BCUT2D eigenvalue weighted by atomic mass is 32.1. The average Bonchev–Trinajstić information content (AvgIpc) is 3.16. The molecule has 3 rings (SSSR count). The van der Waals surface area contributed by atoms with Crippen molar-refractivity contribution in [3.05, 3.63) is 26.8 Å². The standard InChI is InChI=1S/C11H9N3O2S3/c15-1-6-3-18-10(12-6)8-5-19-11(14-8)7-4-17-9(2-16)13-7/h3-5,15-16H,1-2H2. The number of aliphatic hydroxyl groups excluding tert-OH is 2. The molecule has 0 fully saturated rings. The summed E-state index contributed by atoms with van der Waals surface area (Å²) in [6.07, 6.45) is 0. The molecule has 98 valence electrons. The zero-order chi connectivity index (χ0) is 13.2. The highest BCUT2D eigenvalue weighted by molar-refractivity contribution is 7.15. The lowest BCUT2D eigenvalue weighted by atomic mass is 10.4. The van der Waals surface area contributed by atoms with Gasteiger partial charge in [0.05, 0.1) is 18.9 Å². The minimum atomic E-state index is -0.0561. The van der Waals surface area contributed by atoms with E-state index >= 15 is 0 Å². The third-order valence-corrected chi connectivity index (χ3v) is 4.96. The molecule has 2 N–H and O–H groups in total. The second-order valence-corrected chi connectivity index (χ2v) is 6.28. The minimum absolute atomic E-state index is 0.0464. The summed E-state index contributed by atoms with van der Waals surface area (Å²) in [6, 6.07) is 0. The Morgan fingerprint density at radius 3 is 2.16 bits per heavy atom. The molecule has 3 aromatic heterocycles. The van der Waals surface area contributed by atoms with E-state index in [4.69, 9.17) is 10.2 Å². The number of aliphatic hydroxyl groups is 2. The van der Waals surface area contributed by atoms with Gasteiger partial charge < -0.3 is 10.2 Å². The molecule has 0 amide bonds. The largest absolute Gasteiger partial charge is 0.390 e. The molecule has 0 aromatic carbocycles. The van der Waals surface area contributed by atoms with Crippen LogP contribution < -0.4 is 0 Å². The minimum Gasteiger partial charge on any atom is -0.390 e. The molecule has 0 spiro atoms. The Labute approximate surface area is 120 Å². The topological polar surface area (TPSA) is 79.1 Å². The number of nitrogens with zero attached hydrogens (tertiary/aromatic N) is 3. The van der Waals surface area contributed by atoms with Crippen LogP contribution in [0.1, 0.15) is 10.7 Å². The van der Waals surface area contributed by atoms with Crippen LogP contribution in [-0.2, 0) is 13.2 Å². The SMILES string of the molecule is OCc1csc(-c2csc(-c3csc(CO)n3)n2)n1. The van der Waals surface area contributed by atoms with Crippen LogP contribution in [0.4, 0.5) is 0 Å².